The van der Waals surface area contributed by atoms with Crippen molar-refractivity contribution in [3.63, 3.8) is 0 Å². The second kappa shape index (κ2) is 5.71. The normalized spacial score (nSPS) is 10.8. The third-order valence-electron chi connectivity index (χ3n) is 2.35. The van der Waals surface area contributed by atoms with E-state index in [9.17, 15) is 9.59 Å². The molecule has 0 fully saturated rings. The Bertz CT molecular complexity index is 492. The number of nitrogens with two attached hydrogens (primary N) is 1. The quantitative estimate of drug-likeness (QED) is 0.765. The van der Waals surface area contributed by atoms with Crippen LogP contribution in [-0.2, 0) is 9.59 Å². The van der Waals surface area contributed by atoms with Crippen molar-refractivity contribution in [1.29, 1.82) is 0 Å². The molecule has 1 aromatic rings. The molecule has 19 heavy (non-hydrogen) atoms. The van der Waals surface area contributed by atoms with Crippen molar-refractivity contribution in [2.24, 2.45) is 5.73 Å². The highest BCUT2D eigenvalue weighted by Crippen LogP contribution is 2.28. The Morgan fingerprint density at radius 1 is 1.26 bits per heavy atom. The summed E-state index contributed by atoms with van der Waals surface area (Å²) in [6.07, 6.45) is 0. The average molecular weight is 265 g/mol. The molecule has 6 heteroatoms. The minimum absolute atomic E-state index is 0.221. The molecule has 0 radical (unpaired) electrons. The van der Waals surface area contributed by atoms with Crippen LogP contribution < -0.4 is 21.1 Å². The second-order valence-electron chi connectivity index (χ2n) is 4.77. The molecular formula is C13H19N3O3. The van der Waals surface area contributed by atoms with Gasteiger partial charge in [0, 0.05) is 12.6 Å². The van der Waals surface area contributed by atoms with E-state index in [0.29, 0.717) is 17.1 Å². The molecule has 0 aliphatic rings. The van der Waals surface area contributed by atoms with Gasteiger partial charge in [-0.05, 0) is 32.0 Å². The molecule has 0 heterocycles. The van der Waals surface area contributed by atoms with Gasteiger partial charge in [-0.15, -0.1) is 0 Å². The van der Waals surface area contributed by atoms with Gasteiger partial charge in [0.2, 0.25) is 11.8 Å². The highest BCUT2D eigenvalue weighted by atomic mass is 16.5. The largest absolute Gasteiger partial charge is 0.495 e. The third kappa shape index (κ3) is 4.26. The van der Waals surface area contributed by atoms with Crippen LogP contribution in [0.1, 0.15) is 20.8 Å². The van der Waals surface area contributed by atoms with Crippen LogP contribution in [0.25, 0.3) is 0 Å². The Kier molecular flexibility index (Phi) is 4.50. The minimum Gasteiger partial charge on any atom is -0.495 e. The number of carbonyl (C=O) groups is 2. The Morgan fingerprint density at radius 3 is 2.37 bits per heavy atom. The zero-order chi connectivity index (χ0) is 14.6. The van der Waals surface area contributed by atoms with E-state index in [-0.39, 0.29) is 11.8 Å². The lowest BCUT2D eigenvalue weighted by Crippen LogP contribution is -2.45. The molecule has 6 nitrogen and oxygen atoms in total. The summed E-state index contributed by atoms with van der Waals surface area (Å²) in [5.41, 5.74) is 5.74. The zero-order valence-electron chi connectivity index (χ0n) is 11.5. The molecule has 1 rings (SSSR count). The lowest BCUT2D eigenvalue weighted by atomic mass is 10.1. The van der Waals surface area contributed by atoms with Crippen LogP contribution in [0.15, 0.2) is 18.2 Å². The van der Waals surface area contributed by atoms with E-state index in [1.165, 1.54) is 14.0 Å². The van der Waals surface area contributed by atoms with Gasteiger partial charge in [-0.2, -0.15) is 0 Å². The average Bonchev–Trinajstić information content (AvgIpc) is 2.27. The van der Waals surface area contributed by atoms with Gasteiger partial charge in [0.05, 0.1) is 18.3 Å². The Hall–Kier alpha value is -2.08. The SMILES string of the molecule is COc1ccc(NC(=O)C(C)(C)N)cc1NC(C)=O. The maximum absolute atomic E-state index is 11.8. The number of hydrogen-bond acceptors (Lipinski definition) is 4. The van der Waals surface area contributed by atoms with E-state index in [1.54, 1.807) is 32.0 Å². The molecule has 0 spiro atoms. The van der Waals surface area contributed by atoms with E-state index in [0.717, 1.165) is 0 Å². The highest BCUT2D eigenvalue weighted by Gasteiger charge is 2.22. The number of rotatable bonds is 4. The third-order valence-corrected chi connectivity index (χ3v) is 2.35. The predicted octanol–water partition coefficient (Wildman–Crippen LogP) is 1.33. The maximum atomic E-state index is 11.8. The van der Waals surface area contributed by atoms with E-state index in [1.807, 2.05) is 0 Å². The van der Waals surface area contributed by atoms with Crippen LogP contribution in [0.4, 0.5) is 11.4 Å². The number of hydrogen-bond donors (Lipinski definition) is 3. The maximum Gasteiger partial charge on any atom is 0.243 e. The van der Waals surface area contributed by atoms with Crippen LogP contribution in [0.5, 0.6) is 5.75 Å². The number of benzene rings is 1. The summed E-state index contributed by atoms with van der Waals surface area (Å²) in [6.45, 7) is 4.62. The van der Waals surface area contributed by atoms with E-state index in [2.05, 4.69) is 10.6 Å². The van der Waals surface area contributed by atoms with Crippen LogP contribution in [0.3, 0.4) is 0 Å². The number of amides is 2. The van der Waals surface area contributed by atoms with Gasteiger partial charge in [0.25, 0.3) is 0 Å². The molecule has 0 aliphatic carbocycles. The fourth-order valence-electron chi connectivity index (χ4n) is 1.37. The number of carbonyl (C=O) groups excluding carboxylic acids is 2. The van der Waals surface area contributed by atoms with Crippen LogP contribution in [-0.4, -0.2) is 24.5 Å². The van der Waals surface area contributed by atoms with Crippen molar-refractivity contribution in [2.75, 3.05) is 17.7 Å². The predicted molar refractivity (Wildman–Crippen MR) is 74.2 cm³/mol. The number of methoxy groups -OCH3 is 1. The summed E-state index contributed by atoms with van der Waals surface area (Å²) in [5, 5.41) is 5.31. The summed E-state index contributed by atoms with van der Waals surface area (Å²) in [5.74, 6) is -0.0208. The van der Waals surface area contributed by atoms with Crippen molar-refractivity contribution < 1.29 is 14.3 Å². The van der Waals surface area contributed by atoms with Crippen molar-refractivity contribution >= 4 is 23.2 Å². The number of nitrogens with one attached hydrogen (secondary N) is 2. The topological polar surface area (TPSA) is 93.4 Å². The van der Waals surface area contributed by atoms with Gasteiger partial charge >= 0.3 is 0 Å². The molecule has 0 saturated carbocycles. The van der Waals surface area contributed by atoms with Crippen LogP contribution >= 0.6 is 0 Å². The highest BCUT2D eigenvalue weighted by molar-refractivity contribution is 5.98. The first-order valence-electron chi connectivity index (χ1n) is 5.80. The molecule has 1 aromatic carbocycles. The molecule has 4 N–H and O–H groups in total. The summed E-state index contributed by atoms with van der Waals surface area (Å²) in [4.78, 5) is 22.9. The van der Waals surface area contributed by atoms with Gasteiger partial charge < -0.3 is 21.1 Å². The molecule has 0 atom stereocenters. The standard InChI is InChI=1S/C13H19N3O3/c1-8(17)15-10-7-9(5-6-11(10)19-4)16-12(18)13(2,3)14/h5-7H,14H2,1-4H3,(H,15,17)(H,16,18). The summed E-state index contributed by atoms with van der Waals surface area (Å²) < 4.78 is 5.12. The molecule has 104 valence electrons. The smallest absolute Gasteiger partial charge is 0.243 e. The fourth-order valence-corrected chi connectivity index (χ4v) is 1.37. The molecule has 0 unspecified atom stereocenters. The number of ether oxygens (including phenoxy) is 1. The first-order valence-corrected chi connectivity index (χ1v) is 5.80. The summed E-state index contributed by atoms with van der Waals surface area (Å²) in [7, 11) is 1.50. The van der Waals surface area contributed by atoms with Crippen molar-refractivity contribution in [3.05, 3.63) is 18.2 Å². The van der Waals surface area contributed by atoms with Gasteiger partial charge in [-0.3, -0.25) is 9.59 Å². The zero-order valence-corrected chi connectivity index (χ0v) is 11.5. The van der Waals surface area contributed by atoms with Crippen molar-refractivity contribution in [1.82, 2.24) is 0 Å². The lowest BCUT2D eigenvalue weighted by Gasteiger charge is -2.18. The molecule has 0 saturated heterocycles. The van der Waals surface area contributed by atoms with Crippen molar-refractivity contribution in [3.8, 4) is 5.75 Å². The first kappa shape index (κ1) is 15.0. The number of anilines is 2. The van der Waals surface area contributed by atoms with Crippen LogP contribution in [0, 0.1) is 0 Å². The second-order valence-corrected chi connectivity index (χ2v) is 4.77. The Balaban J connectivity index is 2.98. The van der Waals surface area contributed by atoms with E-state index in [4.69, 9.17) is 10.5 Å². The summed E-state index contributed by atoms with van der Waals surface area (Å²) >= 11 is 0. The fraction of sp³-hybridized carbons (Fsp3) is 0.385. The lowest BCUT2D eigenvalue weighted by molar-refractivity contribution is -0.120. The van der Waals surface area contributed by atoms with Crippen LogP contribution in [0.2, 0.25) is 0 Å². The van der Waals surface area contributed by atoms with Gasteiger partial charge in [0.1, 0.15) is 5.75 Å². The molecule has 0 aliphatic heterocycles. The van der Waals surface area contributed by atoms with E-state index >= 15 is 0 Å². The van der Waals surface area contributed by atoms with Gasteiger partial charge in [-0.25, -0.2) is 0 Å². The summed E-state index contributed by atoms with van der Waals surface area (Å²) in [6, 6.07) is 4.95. The molecular weight excluding hydrogens is 246 g/mol. The molecule has 2 amide bonds. The Labute approximate surface area is 112 Å². The van der Waals surface area contributed by atoms with Crippen molar-refractivity contribution in [2.45, 2.75) is 26.3 Å². The minimum atomic E-state index is -0.978. The van der Waals surface area contributed by atoms with Gasteiger partial charge in [0.15, 0.2) is 0 Å². The monoisotopic (exact) mass is 265 g/mol. The van der Waals surface area contributed by atoms with E-state index < -0.39 is 5.54 Å². The molecule has 0 aromatic heterocycles. The molecule has 0 bridgehead atoms. The first-order chi connectivity index (χ1) is 8.74. The van der Waals surface area contributed by atoms with Gasteiger partial charge in [-0.1, -0.05) is 0 Å². The Morgan fingerprint density at radius 2 is 1.89 bits per heavy atom.